The molecule has 2 heterocycles. The molecule has 0 aliphatic carbocycles. The van der Waals surface area contributed by atoms with Gasteiger partial charge in [-0.3, -0.25) is 0 Å². The molecule has 2 rings (SSSR count). The van der Waals surface area contributed by atoms with Crippen LogP contribution in [0.4, 0.5) is 0 Å². The number of hydrogen-bond donors (Lipinski definition) is 0. The van der Waals surface area contributed by atoms with Crippen molar-refractivity contribution < 1.29 is 19.0 Å². The van der Waals surface area contributed by atoms with Gasteiger partial charge in [0, 0.05) is 5.41 Å². The highest BCUT2D eigenvalue weighted by Crippen LogP contribution is 2.54. The molecule has 2 aliphatic heterocycles. The fraction of sp³-hybridized carbons (Fsp3) is 0.889. The number of methoxy groups -OCH3 is 1. The number of hydrogen-bond acceptors (Lipinski definition) is 4. The van der Waals surface area contributed by atoms with Gasteiger partial charge in [-0.15, -0.1) is 0 Å². The Labute approximate surface area is 77.1 Å². The highest BCUT2D eigenvalue weighted by molar-refractivity contribution is 5.79. The lowest BCUT2D eigenvalue weighted by Gasteiger charge is -2.20. The van der Waals surface area contributed by atoms with E-state index in [0.717, 1.165) is 0 Å². The summed E-state index contributed by atoms with van der Waals surface area (Å²) < 4.78 is 15.4. The SMILES string of the molecule is COC(=O)C1OC12COCC2(C)C. The van der Waals surface area contributed by atoms with Crippen LogP contribution in [0.2, 0.25) is 0 Å². The van der Waals surface area contributed by atoms with Crippen LogP contribution in [0, 0.1) is 5.41 Å². The van der Waals surface area contributed by atoms with E-state index < -0.39 is 11.7 Å². The molecular formula is C9H14O4. The van der Waals surface area contributed by atoms with E-state index in [1.54, 1.807) is 0 Å². The minimum atomic E-state index is -0.421. The van der Waals surface area contributed by atoms with Crippen LogP contribution in [0.15, 0.2) is 0 Å². The number of epoxide rings is 1. The zero-order valence-electron chi connectivity index (χ0n) is 8.12. The third-order valence-corrected chi connectivity index (χ3v) is 3.03. The molecule has 2 atom stereocenters. The maximum Gasteiger partial charge on any atom is 0.338 e. The van der Waals surface area contributed by atoms with Gasteiger partial charge in [-0.25, -0.2) is 4.79 Å². The Morgan fingerprint density at radius 2 is 2.15 bits per heavy atom. The highest BCUT2D eigenvalue weighted by Gasteiger charge is 2.71. The summed E-state index contributed by atoms with van der Waals surface area (Å²) in [5.74, 6) is -0.293. The van der Waals surface area contributed by atoms with Crippen molar-refractivity contribution in [1.29, 1.82) is 0 Å². The largest absolute Gasteiger partial charge is 0.467 e. The van der Waals surface area contributed by atoms with Crippen molar-refractivity contribution in [2.24, 2.45) is 5.41 Å². The Bertz CT molecular complexity index is 248. The summed E-state index contributed by atoms with van der Waals surface area (Å²) in [5, 5.41) is 0. The van der Waals surface area contributed by atoms with E-state index in [-0.39, 0.29) is 11.4 Å². The van der Waals surface area contributed by atoms with Crippen LogP contribution in [0.5, 0.6) is 0 Å². The van der Waals surface area contributed by atoms with Crippen LogP contribution in [0.25, 0.3) is 0 Å². The van der Waals surface area contributed by atoms with E-state index in [1.165, 1.54) is 7.11 Å². The summed E-state index contributed by atoms with van der Waals surface area (Å²) in [6.45, 7) is 5.23. The highest BCUT2D eigenvalue weighted by atomic mass is 16.7. The maximum atomic E-state index is 11.2. The topological polar surface area (TPSA) is 48.1 Å². The minimum Gasteiger partial charge on any atom is -0.467 e. The van der Waals surface area contributed by atoms with Crippen molar-refractivity contribution in [2.45, 2.75) is 25.6 Å². The van der Waals surface area contributed by atoms with E-state index in [2.05, 4.69) is 4.74 Å². The Hall–Kier alpha value is -0.610. The van der Waals surface area contributed by atoms with Crippen molar-refractivity contribution >= 4 is 5.97 Å². The van der Waals surface area contributed by atoms with E-state index in [0.29, 0.717) is 13.2 Å². The second-order valence-electron chi connectivity index (χ2n) is 4.29. The lowest BCUT2D eigenvalue weighted by molar-refractivity contribution is -0.142. The predicted octanol–water partition coefficient (Wildman–Crippen LogP) is 0.353. The van der Waals surface area contributed by atoms with E-state index in [4.69, 9.17) is 9.47 Å². The van der Waals surface area contributed by atoms with Gasteiger partial charge in [-0.05, 0) is 0 Å². The molecule has 2 fully saturated rings. The molecule has 2 unspecified atom stereocenters. The first kappa shape index (κ1) is 8.97. The third-order valence-electron chi connectivity index (χ3n) is 3.03. The van der Waals surface area contributed by atoms with Crippen LogP contribution in [0.3, 0.4) is 0 Å². The van der Waals surface area contributed by atoms with Gasteiger partial charge >= 0.3 is 5.97 Å². The molecule has 2 saturated heterocycles. The number of ether oxygens (including phenoxy) is 3. The number of rotatable bonds is 1. The summed E-state index contributed by atoms with van der Waals surface area (Å²) >= 11 is 0. The molecule has 0 N–H and O–H groups in total. The Morgan fingerprint density at radius 3 is 2.62 bits per heavy atom. The molecular weight excluding hydrogens is 172 g/mol. The molecule has 0 aromatic carbocycles. The Balaban J connectivity index is 2.14. The first-order valence-corrected chi connectivity index (χ1v) is 4.37. The van der Waals surface area contributed by atoms with Crippen LogP contribution < -0.4 is 0 Å². The van der Waals surface area contributed by atoms with Gasteiger partial charge in [-0.1, -0.05) is 13.8 Å². The molecule has 4 heteroatoms. The quantitative estimate of drug-likeness (QED) is 0.438. The van der Waals surface area contributed by atoms with E-state index in [1.807, 2.05) is 13.8 Å². The van der Waals surface area contributed by atoms with Crippen LogP contribution in [0.1, 0.15) is 13.8 Å². The molecule has 1 spiro atoms. The summed E-state index contributed by atoms with van der Waals surface area (Å²) in [6.07, 6.45) is -0.421. The van der Waals surface area contributed by atoms with Crippen LogP contribution >= 0.6 is 0 Å². The van der Waals surface area contributed by atoms with Gasteiger partial charge in [0.1, 0.15) is 5.60 Å². The van der Waals surface area contributed by atoms with Crippen LogP contribution in [-0.2, 0) is 19.0 Å². The van der Waals surface area contributed by atoms with Gasteiger partial charge in [0.15, 0.2) is 6.10 Å². The Kier molecular flexibility index (Phi) is 1.69. The summed E-state index contributed by atoms with van der Waals surface area (Å²) in [7, 11) is 1.38. The molecule has 0 aromatic rings. The molecule has 13 heavy (non-hydrogen) atoms. The standard InChI is InChI=1S/C9H14O4/c1-8(2)4-12-5-9(8)6(13-9)7(10)11-3/h6H,4-5H2,1-3H3. The number of carbonyl (C=O) groups is 1. The fourth-order valence-corrected chi connectivity index (χ4v) is 1.92. The molecule has 0 saturated carbocycles. The summed E-state index contributed by atoms with van der Waals surface area (Å²) in [6, 6.07) is 0. The van der Waals surface area contributed by atoms with Crippen molar-refractivity contribution in [3.63, 3.8) is 0 Å². The normalized spacial score (nSPS) is 40.7. The van der Waals surface area contributed by atoms with Crippen LogP contribution in [-0.4, -0.2) is 38.0 Å². The Morgan fingerprint density at radius 1 is 1.46 bits per heavy atom. The zero-order chi connectivity index (χ0) is 9.69. The second-order valence-corrected chi connectivity index (χ2v) is 4.29. The first-order valence-electron chi connectivity index (χ1n) is 4.37. The molecule has 0 aromatic heterocycles. The van der Waals surface area contributed by atoms with Gasteiger partial charge in [-0.2, -0.15) is 0 Å². The average Bonchev–Trinajstić information content (AvgIpc) is 2.72. The van der Waals surface area contributed by atoms with E-state index >= 15 is 0 Å². The lowest BCUT2D eigenvalue weighted by Crippen LogP contribution is -2.36. The molecule has 0 bridgehead atoms. The van der Waals surface area contributed by atoms with Gasteiger partial charge in [0.2, 0.25) is 0 Å². The number of esters is 1. The minimum absolute atomic E-state index is 0.0914. The lowest BCUT2D eigenvalue weighted by atomic mass is 9.79. The molecule has 0 amide bonds. The number of carbonyl (C=O) groups excluding carboxylic acids is 1. The first-order chi connectivity index (χ1) is 6.03. The van der Waals surface area contributed by atoms with Crippen molar-refractivity contribution in [1.82, 2.24) is 0 Å². The molecule has 74 valence electrons. The second kappa shape index (κ2) is 2.45. The summed E-state index contributed by atoms with van der Waals surface area (Å²) in [5.41, 5.74) is -0.508. The zero-order valence-corrected chi connectivity index (χ0v) is 8.12. The smallest absolute Gasteiger partial charge is 0.338 e. The van der Waals surface area contributed by atoms with Crippen molar-refractivity contribution in [3.05, 3.63) is 0 Å². The predicted molar refractivity (Wildman–Crippen MR) is 44.2 cm³/mol. The molecule has 0 radical (unpaired) electrons. The van der Waals surface area contributed by atoms with Crippen molar-refractivity contribution in [3.8, 4) is 0 Å². The maximum absolute atomic E-state index is 11.2. The monoisotopic (exact) mass is 186 g/mol. The molecule has 2 aliphatic rings. The van der Waals surface area contributed by atoms with E-state index in [9.17, 15) is 4.79 Å². The summed E-state index contributed by atoms with van der Waals surface area (Å²) in [4.78, 5) is 11.2. The average molecular weight is 186 g/mol. The third kappa shape index (κ3) is 1.02. The fourth-order valence-electron chi connectivity index (χ4n) is 1.92. The van der Waals surface area contributed by atoms with Gasteiger partial charge in [0.25, 0.3) is 0 Å². The van der Waals surface area contributed by atoms with Crippen molar-refractivity contribution in [2.75, 3.05) is 20.3 Å². The van der Waals surface area contributed by atoms with Gasteiger partial charge in [0.05, 0.1) is 20.3 Å². The molecule has 4 nitrogen and oxygen atoms in total. The van der Waals surface area contributed by atoms with Gasteiger partial charge < -0.3 is 14.2 Å².